The number of nitrogens with zero attached hydrogens (tertiary/aromatic N) is 1. The lowest BCUT2D eigenvalue weighted by atomic mass is 10.5. The van der Waals surface area contributed by atoms with E-state index in [2.05, 4.69) is 11.6 Å². The fourth-order valence-electron chi connectivity index (χ4n) is 0.592. The molecule has 0 spiro atoms. The predicted molar refractivity (Wildman–Crippen MR) is 50.2 cm³/mol. The van der Waals surface area contributed by atoms with Crippen LogP contribution in [0.25, 0.3) is 0 Å². The lowest BCUT2D eigenvalue weighted by Crippen LogP contribution is -1.78. The van der Waals surface area contributed by atoms with E-state index in [0.717, 1.165) is 10.8 Å². The van der Waals surface area contributed by atoms with E-state index >= 15 is 0 Å². The molecule has 0 saturated carbocycles. The summed E-state index contributed by atoms with van der Waals surface area (Å²) in [4.78, 5) is 4.10. The fourth-order valence-corrected chi connectivity index (χ4v) is 1.28. The van der Waals surface area contributed by atoms with Crippen molar-refractivity contribution in [2.75, 3.05) is 5.75 Å². The lowest BCUT2D eigenvalue weighted by Gasteiger charge is -1.95. The number of thioether (sulfide) groups is 1. The minimum Gasteiger partial charge on any atom is -0.248 e. The molecular weight excluding hydrogens is 178 g/mol. The van der Waals surface area contributed by atoms with E-state index in [1.54, 1.807) is 18.0 Å². The van der Waals surface area contributed by atoms with Crippen LogP contribution in [0.4, 0.5) is 0 Å². The molecule has 0 radical (unpaired) electrons. The minimum atomic E-state index is 0.674. The zero-order valence-corrected chi connectivity index (χ0v) is 7.53. The summed E-state index contributed by atoms with van der Waals surface area (Å²) in [5.41, 5.74) is 0. The number of rotatable bonds is 3. The SMILES string of the molecule is C=CCSc1ccc(Cl)cn1. The predicted octanol–water partition coefficient (Wildman–Crippen LogP) is 3.01. The largest absolute Gasteiger partial charge is 0.248 e. The number of aromatic nitrogens is 1. The van der Waals surface area contributed by atoms with Gasteiger partial charge in [0.25, 0.3) is 0 Å². The normalized spacial score (nSPS) is 9.55. The maximum absolute atomic E-state index is 5.65. The molecule has 0 aliphatic rings. The van der Waals surface area contributed by atoms with Gasteiger partial charge in [0, 0.05) is 11.9 Å². The molecule has 58 valence electrons. The van der Waals surface area contributed by atoms with Gasteiger partial charge in [-0.15, -0.1) is 18.3 Å². The van der Waals surface area contributed by atoms with Crippen LogP contribution in [0.3, 0.4) is 0 Å². The maximum atomic E-state index is 5.65. The molecule has 0 aliphatic carbocycles. The van der Waals surface area contributed by atoms with Crippen molar-refractivity contribution in [3.8, 4) is 0 Å². The Bertz CT molecular complexity index is 232. The van der Waals surface area contributed by atoms with E-state index in [9.17, 15) is 0 Å². The standard InChI is InChI=1S/C8H8ClNS/c1-2-5-11-8-4-3-7(9)6-10-8/h2-4,6H,1,5H2. The molecule has 1 heterocycles. The van der Waals surface area contributed by atoms with Crippen LogP contribution in [0.5, 0.6) is 0 Å². The summed E-state index contributed by atoms with van der Waals surface area (Å²) in [6, 6.07) is 3.73. The quantitative estimate of drug-likeness (QED) is 0.531. The van der Waals surface area contributed by atoms with Gasteiger partial charge in [-0.3, -0.25) is 0 Å². The van der Waals surface area contributed by atoms with Crippen LogP contribution in [0.2, 0.25) is 5.02 Å². The van der Waals surface area contributed by atoms with E-state index < -0.39 is 0 Å². The van der Waals surface area contributed by atoms with Crippen molar-refractivity contribution < 1.29 is 0 Å². The second-order valence-corrected chi connectivity index (χ2v) is 3.39. The highest BCUT2D eigenvalue weighted by Crippen LogP contribution is 2.16. The van der Waals surface area contributed by atoms with E-state index in [1.165, 1.54) is 0 Å². The first-order chi connectivity index (χ1) is 5.33. The third-order valence-electron chi connectivity index (χ3n) is 1.05. The Morgan fingerprint density at radius 2 is 2.45 bits per heavy atom. The van der Waals surface area contributed by atoms with Crippen molar-refractivity contribution in [2.45, 2.75) is 5.03 Å². The maximum Gasteiger partial charge on any atom is 0.0963 e. The summed E-state index contributed by atoms with van der Waals surface area (Å²) in [7, 11) is 0. The molecule has 0 atom stereocenters. The van der Waals surface area contributed by atoms with E-state index in [1.807, 2.05) is 18.2 Å². The van der Waals surface area contributed by atoms with Gasteiger partial charge < -0.3 is 0 Å². The van der Waals surface area contributed by atoms with Crippen molar-refractivity contribution in [2.24, 2.45) is 0 Å². The number of hydrogen-bond donors (Lipinski definition) is 0. The topological polar surface area (TPSA) is 12.9 Å². The van der Waals surface area contributed by atoms with Crippen molar-refractivity contribution in [1.29, 1.82) is 0 Å². The van der Waals surface area contributed by atoms with Crippen molar-refractivity contribution in [3.05, 3.63) is 36.0 Å². The third-order valence-corrected chi connectivity index (χ3v) is 2.21. The molecule has 0 N–H and O–H groups in total. The van der Waals surface area contributed by atoms with Crippen LogP contribution in [-0.2, 0) is 0 Å². The molecule has 0 bridgehead atoms. The summed E-state index contributed by atoms with van der Waals surface area (Å²) in [5.74, 6) is 0.884. The Morgan fingerprint density at radius 3 is 3.00 bits per heavy atom. The fraction of sp³-hybridized carbons (Fsp3) is 0.125. The summed E-state index contributed by atoms with van der Waals surface area (Å²) in [6.07, 6.45) is 3.49. The Hall–Kier alpha value is -0.470. The summed E-state index contributed by atoms with van der Waals surface area (Å²) in [5, 5.41) is 1.65. The van der Waals surface area contributed by atoms with Crippen LogP contribution in [0, 0.1) is 0 Å². The lowest BCUT2D eigenvalue weighted by molar-refractivity contribution is 1.14. The van der Waals surface area contributed by atoms with E-state index in [-0.39, 0.29) is 0 Å². The summed E-state index contributed by atoms with van der Waals surface area (Å²) < 4.78 is 0. The van der Waals surface area contributed by atoms with Gasteiger partial charge in [-0.05, 0) is 12.1 Å². The molecule has 0 aromatic carbocycles. The van der Waals surface area contributed by atoms with Crippen molar-refractivity contribution in [1.82, 2.24) is 4.98 Å². The van der Waals surface area contributed by atoms with Gasteiger partial charge in [0.1, 0.15) is 0 Å². The van der Waals surface area contributed by atoms with Gasteiger partial charge in [0.15, 0.2) is 0 Å². The van der Waals surface area contributed by atoms with Crippen LogP contribution in [0.1, 0.15) is 0 Å². The molecule has 1 aromatic rings. The highest BCUT2D eigenvalue weighted by molar-refractivity contribution is 7.99. The van der Waals surface area contributed by atoms with Gasteiger partial charge in [0.05, 0.1) is 10.0 Å². The molecule has 0 amide bonds. The van der Waals surface area contributed by atoms with Gasteiger partial charge in [0.2, 0.25) is 0 Å². The molecule has 0 saturated heterocycles. The zero-order chi connectivity index (χ0) is 8.10. The van der Waals surface area contributed by atoms with E-state index in [0.29, 0.717) is 5.02 Å². The van der Waals surface area contributed by atoms with Gasteiger partial charge in [-0.25, -0.2) is 4.98 Å². The second kappa shape index (κ2) is 4.42. The molecule has 0 unspecified atom stereocenters. The average molecular weight is 186 g/mol. The Balaban J connectivity index is 2.58. The van der Waals surface area contributed by atoms with Crippen molar-refractivity contribution in [3.63, 3.8) is 0 Å². The number of pyridine rings is 1. The molecule has 0 aliphatic heterocycles. The van der Waals surface area contributed by atoms with Crippen LogP contribution in [-0.4, -0.2) is 10.7 Å². The third kappa shape index (κ3) is 2.95. The second-order valence-electron chi connectivity index (χ2n) is 1.91. The van der Waals surface area contributed by atoms with Crippen molar-refractivity contribution >= 4 is 23.4 Å². The first-order valence-electron chi connectivity index (χ1n) is 3.18. The van der Waals surface area contributed by atoms with Crippen LogP contribution < -0.4 is 0 Å². The zero-order valence-electron chi connectivity index (χ0n) is 5.96. The molecule has 1 aromatic heterocycles. The highest BCUT2D eigenvalue weighted by atomic mass is 35.5. The summed E-state index contributed by atoms with van der Waals surface area (Å²) >= 11 is 7.30. The number of halogens is 1. The first kappa shape index (κ1) is 8.62. The monoisotopic (exact) mass is 185 g/mol. The molecule has 11 heavy (non-hydrogen) atoms. The molecule has 3 heteroatoms. The van der Waals surface area contributed by atoms with Gasteiger partial charge >= 0.3 is 0 Å². The smallest absolute Gasteiger partial charge is 0.0963 e. The highest BCUT2D eigenvalue weighted by Gasteiger charge is 1.92. The molecule has 0 fully saturated rings. The van der Waals surface area contributed by atoms with Crippen LogP contribution in [0.15, 0.2) is 36.0 Å². The van der Waals surface area contributed by atoms with Crippen LogP contribution >= 0.6 is 23.4 Å². The number of hydrogen-bond acceptors (Lipinski definition) is 2. The van der Waals surface area contributed by atoms with Gasteiger partial charge in [-0.1, -0.05) is 17.7 Å². The molecule has 1 rings (SSSR count). The van der Waals surface area contributed by atoms with Gasteiger partial charge in [-0.2, -0.15) is 0 Å². The minimum absolute atomic E-state index is 0.674. The Morgan fingerprint density at radius 1 is 1.64 bits per heavy atom. The Labute approximate surface area is 75.5 Å². The summed E-state index contributed by atoms with van der Waals surface area (Å²) in [6.45, 7) is 3.62. The average Bonchev–Trinajstić information content (AvgIpc) is 2.04. The first-order valence-corrected chi connectivity index (χ1v) is 4.54. The molecular formula is C8H8ClNS. The molecule has 1 nitrogen and oxygen atoms in total. The Kier molecular flexibility index (Phi) is 3.46. The van der Waals surface area contributed by atoms with E-state index in [4.69, 9.17) is 11.6 Å².